The third-order valence-electron chi connectivity index (χ3n) is 3.94. The van der Waals surface area contributed by atoms with Crippen molar-refractivity contribution in [3.8, 4) is 0 Å². The standard InChI is InChI=1S/C10H18Cl2/c1-6-9(7(2)3)8(4,5)10(9,11)12/h7H,6H2,1-5H3. The van der Waals surface area contributed by atoms with E-state index in [2.05, 4.69) is 34.6 Å². The van der Waals surface area contributed by atoms with Crippen LogP contribution in [0.5, 0.6) is 0 Å². The first-order chi connectivity index (χ1) is 5.25. The fourth-order valence-corrected chi connectivity index (χ4v) is 4.46. The van der Waals surface area contributed by atoms with Gasteiger partial charge in [-0.05, 0) is 12.3 Å². The van der Waals surface area contributed by atoms with Crippen molar-refractivity contribution in [3.63, 3.8) is 0 Å². The highest BCUT2D eigenvalue weighted by Crippen LogP contribution is 2.81. The molecule has 1 rings (SSSR count). The van der Waals surface area contributed by atoms with E-state index in [1.807, 2.05) is 0 Å². The summed E-state index contributed by atoms with van der Waals surface area (Å²) in [5.41, 5.74) is 0.176. The maximum atomic E-state index is 6.32. The van der Waals surface area contributed by atoms with Crippen LogP contribution in [-0.4, -0.2) is 4.33 Å². The summed E-state index contributed by atoms with van der Waals surface area (Å²) in [5, 5.41) is 0. The molecule has 0 aromatic carbocycles. The second kappa shape index (κ2) is 2.54. The summed E-state index contributed by atoms with van der Waals surface area (Å²) in [5.74, 6) is 0.549. The molecule has 1 unspecified atom stereocenters. The molecule has 0 bridgehead atoms. The van der Waals surface area contributed by atoms with E-state index >= 15 is 0 Å². The zero-order valence-corrected chi connectivity index (χ0v) is 10.1. The summed E-state index contributed by atoms with van der Waals surface area (Å²) in [6.07, 6.45) is 1.06. The van der Waals surface area contributed by atoms with Crippen molar-refractivity contribution in [3.05, 3.63) is 0 Å². The predicted octanol–water partition coefficient (Wildman–Crippen LogP) is 4.25. The highest BCUT2D eigenvalue weighted by molar-refractivity contribution is 6.52. The lowest BCUT2D eigenvalue weighted by atomic mass is 9.83. The Balaban J connectivity index is 3.03. The van der Waals surface area contributed by atoms with Crippen LogP contribution in [0.3, 0.4) is 0 Å². The Morgan fingerprint density at radius 3 is 1.50 bits per heavy atom. The average molecular weight is 209 g/mol. The number of hydrogen-bond donors (Lipinski definition) is 0. The van der Waals surface area contributed by atoms with Crippen molar-refractivity contribution < 1.29 is 0 Å². The van der Waals surface area contributed by atoms with Gasteiger partial charge >= 0.3 is 0 Å². The summed E-state index contributed by atoms with van der Waals surface area (Å²) in [7, 11) is 0. The number of hydrogen-bond acceptors (Lipinski definition) is 0. The molecule has 0 radical (unpaired) electrons. The molecule has 0 saturated heterocycles. The molecule has 12 heavy (non-hydrogen) atoms. The van der Waals surface area contributed by atoms with Crippen molar-refractivity contribution in [1.82, 2.24) is 0 Å². The van der Waals surface area contributed by atoms with Crippen LogP contribution in [0.15, 0.2) is 0 Å². The van der Waals surface area contributed by atoms with Gasteiger partial charge in [0.2, 0.25) is 0 Å². The van der Waals surface area contributed by atoms with E-state index in [1.165, 1.54) is 0 Å². The van der Waals surface area contributed by atoms with E-state index in [-0.39, 0.29) is 10.8 Å². The second-order valence-corrected chi connectivity index (χ2v) is 6.01. The van der Waals surface area contributed by atoms with Crippen LogP contribution in [0.1, 0.15) is 41.0 Å². The first-order valence-corrected chi connectivity index (χ1v) is 5.39. The van der Waals surface area contributed by atoms with Gasteiger partial charge in [-0.2, -0.15) is 0 Å². The fourth-order valence-electron chi connectivity index (χ4n) is 3.04. The Hall–Kier alpha value is 0.580. The van der Waals surface area contributed by atoms with Crippen molar-refractivity contribution in [2.45, 2.75) is 45.4 Å². The van der Waals surface area contributed by atoms with E-state index < -0.39 is 4.33 Å². The SMILES string of the molecule is CCC1(C(C)C)C(C)(C)C1(Cl)Cl. The van der Waals surface area contributed by atoms with Gasteiger partial charge in [-0.25, -0.2) is 0 Å². The first kappa shape index (κ1) is 10.7. The maximum absolute atomic E-state index is 6.32. The van der Waals surface area contributed by atoms with E-state index in [1.54, 1.807) is 0 Å². The minimum atomic E-state index is -0.525. The maximum Gasteiger partial charge on any atom is 0.130 e. The molecule has 1 aliphatic carbocycles. The van der Waals surface area contributed by atoms with E-state index in [9.17, 15) is 0 Å². The van der Waals surface area contributed by atoms with Gasteiger partial charge in [0, 0.05) is 10.8 Å². The third-order valence-corrected chi connectivity index (χ3v) is 5.56. The topological polar surface area (TPSA) is 0 Å². The molecule has 0 amide bonds. The molecular weight excluding hydrogens is 191 g/mol. The van der Waals surface area contributed by atoms with Gasteiger partial charge in [0.15, 0.2) is 0 Å². The summed E-state index contributed by atoms with van der Waals surface area (Å²) in [6.45, 7) is 10.9. The largest absolute Gasteiger partial charge is 0.130 e. The Morgan fingerprint density at radius 1 is 1.17 bits per heavy atom. The molecule has 1 fully saturated rings. The number of rotatable bonds is 2. The zero-order valence-electron chi connectivity index (χ0n) is 8.54. The first-order valence-electron chi connectivity index (χ1n) is 4.63. The van der Waals surface area contributed by atoms with E-state index in [0.29, 0.717) is 5.92 Å². The highest BCUT2D eigenvalue weighted by Gasteiger charge is 2.81. The van der Waals surface area contributed by atoms with Gasteiger partial charge in [0.1, 0.15) is 4.33 Å². The summed E-state index contributed by atoms with van der Waals surface area (Å²) < 4.78 is -0.525. The average Bonchev–Trinajstić information content (AvgIpc) is 2.21. The molecule has 0 aromatic rings. The van der Waals surface area contributed by atoms with Crippen LogP contribution in [0.4, 0.5) is 0 Å². The smallest absolute Gasteiger partial charge is 0.100 e. The summed E-state index contributed by atoms with van der Waals surface area (Å²) in [6, 6.07) is 0. The molecule has 0 nitrogen and oxygen atoms in total. The van der Waals surface area contributed by atoms with Gasteiger partial charge in [-0.1, -0.05) is 34.6 Å². The molecule has 0 heterocycles. The Bertz CT molecular complexity index is 178. The summed E-state index contributed by atoms with van der Waals surface area (Å²) >= 11 is 12.6. The van der Waals surface area contributed by atoms with E-state index in [4.69, 9.17) is 23.2 Å². The molecule has 0 aromatic heterocycles. The van der Waals surface area contributed by atoms with Gasteiger partial charge in [0.25, 0.3) is 0 Å². The van der Waals surface area contributed by atoms with Crippen LogP contribution in [0, 0.1) is 16.7 Å². The van der Waals surface area contributed by atoms with Crippen LogP contribution in [0.25, 0.3) is 0 Å². The lowest BCUT2D eigenvalue weighted by molar-refractivity contribution is 0.268. The molecule has 2 heteroatoms. The van der Waals surface area contributed by atoms with Crippen LogP contribution >= 0.6 is 23.2 Å². The van der Waals surface area contributed by atoms with Crippen molar-refractivity contribution in [2.24, 2.45) is 16.7 Å². The zero-order chi connectivity index (χ0) is 9.78. The summed E-state index contributed by atoms with van der Waals surface area (Å²) in [4.78, 5) is 0. The van der Waals surface area contributed by atoms with E-state index in [0.717, 1.165) is 6.42 Å². The van der Waals surface area contributed by atoms with Crippen molar-refractivity contribution in [2.75, 3.05) is 0 Å². The van der Waals surface area contributed by atoms with Gasteiger partial charge in [-0.15, -0.1) is 23.2 Å². The molecule has 0 N–H and O–H groups in total. The monoisotopic (exact) mass is 208 g/mol. The lowest BCUT2D eigenvalue weighted by Gasteiger charge is -2.22. The third kappa shape index (κ3) is 0.812. The van der Waals surface area contributed by atoms with Crippen LogP contribution in [0.2, 0.25) is 0 Å². The molecular formula is C10H18Cl2. The Morgan fingerprint density at radius 2 is 1.50 bits per heavy atom. The van der Waals surface area contributed by atoms with Gasteiger partial charge in [-0.3, -0.25) is 0 Å². The van der Waals surface area contributed by atoms with Gasteiger partial charge in [0.05, 0.1) is 0 Å². The highest BCUT2D eigenvalue weighted by atomic mass is 35.5. The van der Waals surface area contributed by atoms with Crippen molar-refractivity contribution in [1.29, 1.82) is 0 Å². The Labute approximate surface area is 85.6 Å². The molecule has 0 spiro atoms. The predicted molar refractivity (Wildman–Crippen MR) is 55.8 cm³/mol. The minimum absolute atomic E-state index is 0.0615. The quantitative estimate of drug-likeness (QED) is 0.596. The molecule has 1 atom stereocenters. The van der Waals surface area contributed by atoms with Crippen LogP contribution in [-0.2, 0) is 0 Å². The molecule has 72 valence electrons. The van der Waals surface area contributed by atoms with Crippen molar-refractivity contribution >= 4 is 23.2 Å². The number of halogens is 2. The Kier molecular flexibility index (Phi) is 2.26. The van der Waals surface area contributed by atoms with Gasteiger partial charge < -0.3 is 0 Å². The second-order valence-electron chi connectivity index (χ2n) is 4.68. The van der Waals surface area contributed by atoms with Crippen LogP contribution < -0.4 is 0 Å². The fraction of sp³-hybridized carbons (Fsp3) is 1.00. The lowest BCUT2D eigenvalue weighted by Crippen LogP contribution is -2.17. The number of alkyl halides is 2. The molecule has 1 saturated carbocycles. The molecule has 0 aliphatic heterocycles. The minimum Gasteiger partial charge on any atom is -0.100 e. The molecule has 1 aliphatic rings. The normalized spacial score (nSPS) is 37.0.